The number of rotatable bonds is 5. The van der Waals surface area contributed by atoms with Crippen LogP contribution in [0, 0.1) is 0 Å². The summed E-state index contributed by atoms with van der Waals surface area (Å²) in [7, 11) is 0. The molecule has 1 aliphatic heterocycles. The average Bonchev–Trinajstić information content (AvgIpc) is 2.81. The molecule has 0 radical (unpaired) electrons. The number of nitrogens with one attached hydrogen (secondary N) is 1. The molecule has 0 aromatic heterocycles. The Balaban J connectivity index is 0.00000180. The number of carbonyl (C=O) groups is 1. The van der Waals surface area contributed by atoms with Gasteiger partial charge in [0.2, 0.25) is 12.7 Å². The number of fused-ring (bicyclic) bond motifs is 1. The van der Waals surface area contributed by atoms with Crippen LogP contribution >= 0.6 is 12.4 Å². The number of carbonyl (C=O) groups excluding carboxylic acids is 1. The highest BCUT2D eigenvalue weighted by molar-refractivity contribution is 5.85. The molecule has 1 unspecified atom stereocenters. The van der Waals surface area contributed by atoms with Crippen molar-refractivity contribution in [1.82, 2.24) is 5.32 Å². The van der Waals surface area contributed by atoms with Gasteiger partial charge in [-0.2, -0.15) is 0 Å². The number of hydrogen-bond acceptors (Lipinski definition) is 5. The maximum absolute atomic E-state index is 11.2. The van der Waals surface area contributed by atoms with E-state index >= 15 is 0 Å². The highest BCUT2D eigenvalue weighted by Gasteiger charge is 2.13. The van der Waals surface area contributed by atoms with Crippen LogP contribution in [0.5, 0.6) is 17.2 Å². The predicted octanol–water partition coefficient (Wildman–Crippen LogP) is 0.679. The van der Waals surface area contributed by atoms with Crippen LogP contribution in [0.3, 0.4) is 0 Å². The van der Waals surface area contributed by atoms with Gasteiger partial charge in [0, 0.05) is 6.07 Å². The summed E-state index contributed by atoms with van der Waals surface area (Å²) >= 11 is 0. The molecule has 106 valence electrons. The molecule has 19 heavy (non-hydrogen) atoms. The molecule has 0 saturated heterocycles. The van der Waals surface area contributed by atoms with Crippen molar-refractivity contribution in [3.05, 3.63) is 18.2 Å². The Morgan fingerprint density at radius 1 is 1.47 bits per heavy atom. The lowest BCUT2D eigenvalue weighted by Crippen LogP contribution is -2.40. The molecule has 1 aliphatic rings. The Labute approximate surface area is 117 Å². The molecule has 0 fully saturated rings. The molecule has 0 spiro atoms. The Bertz CT molecular complexity index is 440. The van der Waals surface area contributed by atoms with E-state index in [4.69, 9.17) is 19.9 Å². The highest BCUT2D eigenvalue weighted by Crippen LogP contribution is 2.34. The van der Waals surface area contributed by atoms with Crippen LogP contribution in [0.1, 0.15) is 6.92 Å². The van der Waals surface area contributed by atoms with Gasteiger partial charge in [-0.15, -0.1) is 12.4 Å². The second kappa shape index (κ2) is 7.06. The van der Waals surface area contributed by atoms with Gasteiger partial charge in [0.05, 0.1) is 12.6 Å². The van der Waals surface area contributed by atoms with E-state index in [1.807, 2.05) is 0 Å². The van der Waals surface area contributed by atoms with E-state index in [2.05, 4.69) is 5.32 Å². The van der Waals surface area contributed by atoms with Crippen molar-refractivity contribution >= 4 is 18.3 Å². The van der Waals surface area contributed by atoms with E-state index in [-0.39, 0.29) is 25.1 Å². The van der Waals surface area contributed by atoms with Gasteiger partial charge < -0.3 is 25.3 Å². The summed E-state index contributed by atoms with van der Waals surface area (Å²) in [5, 5.41) is 2.66. The number of halogens is 1. The van der Waals surface area contributed by atoms with Crippen LogP contribution in [0.2, 0.25) is 0 Å². The van der Waals surface area contributed by atoms with E-state index in [1.54, 1.807) is 25.1 Å². The molecule has 1 aromatic rings. The minimum absolute atomic E-state index is 0. The van der Waals surface area contributed by atoms with Gasteiger partial charge >= 0.3 is 0 Å². The van der Waals surface area contributed by atoms with Gasteiger partial charge in [0.25, 0.3) is 0 Å². The third kappa shape index (κ3) is 4.18. The zero-order valence-corrected chi connectivity index (χ0v) is 11.4. The van der Waals surface area contributed by atoms with E-state index in [9.17, 15) is 4.79 Å². The van der Waals surface area contributed by atoms with Gasteiger partial charge in [-0.25, -0.2) is 0 Å². The van der Waals surface area contributed by atoms with Crippen molar-refractivity contribution in [3.63, 3.8) is 0 Å². The second-order valence-electron chi connectivity index (χ2n) is 3.94. The monoisotopic (exact) mass is 288 g/mol. The van der Waals surface area contributed by atoms with Crippen molar-refractivity contribution in [2.45, 2.75) is 13.0 Å². The Morgan fingerprint density at radius 3 is 2.95 bits per heavy atom. The maximum atomic E-state index is 11.2. The lowest BCUT2D eigenvalue weighted by Gasteiger charge is -2.09. The quantitative estimate of drug-likeness (QED) is 0.779. The number of amides is 1. The van der Waals surface area contributed by atoms with E-state index in [0.717, 1.165) is 0 Å². The summed E-state index contributed by atoms with van der Waals surface area (Å²) in [5.41, 5.74) is 5.41. The van der Waals surface area contributed by atoms with Gasteiger partial charge in [0.1, 0.15) is 12.4 Å². The minimum Gasteiger partial charge on any atom is -0.492 e. The molecule has 0 aliphatic carbocycles. The van der Waals surface area contributed by atoms with Gasteiger partial charge in [-0.1, -0.05) is 0 Å². The molecule has 3 N–H and O–H groups in total. The van der Waals surface area contributed by atoms with Crippen LogP contribution < -0.4 is 25.3 Å². The van der Waals surface area contributed by atoms with Crippen molar-refractivity contribution in [2.75, 3.05) is 19.9 Å². The molecule has 2 rings (SSSR count). The first-order chi connectivity index (χ1) is 8.66. The van der Waals surface area contributed by atoms with Crippen LogP contribution in [0.4, 0.5) is 0 Å². The lowest BCUT2D eigenvalue weighted by molar-refractivity contribution is -0.122. The molecule has 1 amide bonds. The zero-order valence-electron chi connectivity index (χ0n) is 10.5. The van der Waals surface area contributed by atoms with E-state index in [1.165, 1.54) is 0 Å². The van der Waals surface area contributed by atoms with E-state index in [0.29, 0.717) is 30.4 Å². The molecule has 0 bridgehead atoms. The summed E-state index contributed by atoms with van der Waals surface area (Å²) in [4.78, 5) is 11.2. The number of benzene rings is 1. The molecule has 0 saturated carbocycles. The number of nitrogens with two attached hydrogens (primary N) is 1. The van der Waals surface area contributed by atoms with Crippen molar-refractivity contribution in [2.24, 2.45) is 5.73 Å². The minimum atomic E-state index is -0.504. The maximum Gasteiger partial charge on any atom is 0.236 e. The Morgan fingerprint density at radius 2 is 2.21 bits per heavy atom. The molecule has 6 nitrogen and oxygen atoms in total. The standard InChI is InChI=1S/C12H16N2O4.ClH/c1-8(13)12(15)14-4-5-16-9-2-3-10-11(6-9)18-7-17-10;/h2-3,6,8H,4-5,7,13H2,1H3,(H,14,15);1H. The smallest absolute Gasteiger partial charge is 0.236 e. The average molecular weight is 289 g/mol. The fourth-order valence-electron chi connectivity index (χ4n) is 1.47. The topological polar surface area (TPSA) is 82.8 Å². The molecular formula is C12H17ClN2O4. The van der Waals surface area contributed by atoms with Gasteiger partial charge in [-0.05, 0) is 19.1 Å². The third-order valence-corrected chi connectivity index (χ3v) is 2.43. The molecule has 1 aromatic carbocycles. The summed E-state index contributed by atoms with van der Waals surface area (Å²) in [6, 6.07) is 4.84. The van der Waals surface area contributed by atoms with Crippen molar-refractivity contribution in [3.8, 4) is 17.2 Å². The number of hydrogen-bond donors (Lipinski definition) is 2. The largest absolute Gasteiger partial charge is 0.492 e. The predicted molar refractivity (Wildman–Crippen MR) is 72.0 cm³/mol. The van der Waals surface area contributed by atoms with Crippen molar-refractivity contribution < 1.29 is 19.0 Å². The van der Waals surface area contributed by atoms with Crippen LogP contribution in [-0.2, 0) is 4.79 Å². The normalized spacial score (nSPS) is 13.4. The second-order valence-corrected chi connectivity index (χ2v) is 3.94. The summed E-state index contributed by atoms with van der Waals surface area (Å²) in [5.74, 6) is 1.87. The molecule has 1 atom stereocenters. The highest BCUT2D eigenvalue weighted by atomic mass is 35.5. The summed E-state index contributed by atoms with van der Waals surface area (Å²) in [6.07, 6.45) is 0. The van der Waals surface area contributed by atoms with Crippen LogP contribution in [0.15, 0.2) is 18.2 Å². The fourth-order valence-corrected chi connectivity index (χ4v) is 1.47. The first-order valence-corrected chi connectivity index (χ1v) is 5.72. The van der Waals surface area contributed by atoms with Crippen molar-refractivity contribution in [1.29, 1.82) is 0 Å². The van der Waals surface area contributed by atoms with Crippen LogP contribution in [-0.4, -0.2) is 31.9 Å². The summed E-state index contributed by atoms with van der Waals surface area (Å²) < 4.78 is 15.9. The zero-order chi connectivity index (χ0) is 13.0. The molecule has 7 heteroatoms. The Hall–Kier alpha value is -1.66. The molecule has 1 heterocycles. The Kier molecular flexibility index (Phi) is 5.72. The van der Waals surface area contributed by atoms with Crippen LogP contribution in [0.25, 0.3) is 0 Å². The SMILES string of the molecule is CC(N)C(=O)NCCOc1ccc2c(c1)OCO2.Cl. The fraction of sp³-hybridized carbons (Fsp3) is 0.417. The third-order valence-electron chi connectivity index (χ3n) is 2.43. The summed E-state index contributed by atoms with van der Waals surface area (Å²) in [6.45, 7) is 2.66. The van der Waals surface area contributed by atoms with Gasteiger partial charge in [-0.3, -0.25) is 4.79 Å². The number of ether oxygens (including phenoxy) is 3. The first kappa shape index (κ1) is 15.4. The van der Waals surface area contributed by atoms with E-state index < -0.39 is 6.04 Å². The first-order valence-electron chi connectivity index (χ1n) is 5.72. The van der Waals surface area contributed by atoms with Gasteiger partial charge in [0.15, 0.2) is 11.5 Å². The lowest BCUT2D eigenvalue weighted by atomic mass is 10.3. The molecular weight excluding hydrogens is 272 g/mol.